The molecule has 1 heterocycles. The Morgan fingerprint density at radius 2 is 1.91 bits per heavy atom. The second-order valence-corrected chi connectivity index (χ2v) is 8.37. The fraction of sp³-hybridized carbons (Fsp3) is 0.409. The van der Waals surface area contributed by atoms with Crippen LogP contribution in [-0.2, 0) is 4.74 Å². The molecule has 1 saturated carbocycles. The van der Waals surface area contributed by atoms with Crippen molar-refractivity contribution in [1.82, 2.24) is 15.3 Å². The van der Waals surface area contributed by atoms with Gasteiger partial charge in [0.25, 0.3) is 0 Å². The molecule has 2 atom stereocenters. The maximum absolute atomic E-state index is 12.3. The van der Waals surface area contributed by atoms with Crippen LogP contribution in [0.25, 0.3) is 0 Å². The Morgan fingerprint density at radius 1 is 1.12 bits per heavy atom. The Labute approximate surface area is 186 Å². The molecule has 0 bridgehead atoms. The molecular weight excluding hydrogens is 412 g/mol. The van der Waals surface area contributed by atoms with Gasteiger partial charge in [-0.05, 0) is 45.7 Å². The highest BCUT2D eigenvalue weighted by Crippen LogP contribution is 2.30. The maximum atomic E-state index is 12.3. The summed E-state index contributed by atoms with van der Waals surface area (Å²) in [5, 5.41) is 16.9. The molecule has 1 aromatic carbocycles. The standard InChI is InChI=1S/C22H26N6O4/c1-22(2,3)32-21(30)26-14-8-9-16(10-14)31-18-7-5-4-6-17(18)27-20(29)28-19-13-24-15(11-23)12-25-19/h4-7,12-14,16H,8-10H2,1-3H3,(H,26,30)(H2,25,27,28,29)/t14-,16+/m0/s1. The van der Waals surface area contributed by atoms with E-state index in [0.717, 1.165) is 12.8 Å². The number of alkyl carbamates (subject to hydrolysis) is 1. The molecule has 168 valence electrons. The molecule has 1 aliphatic rings. The van der Waals surface area contributed by atoms with Crippen LogP contribution in [0.3, 0.4) is 0 Å². The van der Waals surface area contributed by atoms with E-state index in [2.05, 4.69) is 25.9 Å². The van der Waals surface area contributed by atoms with E-state index >= 15 is 0 Å². The number of amides is 3. The molecule has 10 heteroatoms. The van der Waals surface area contributed by atoms with E-state index in [-0.39, 0.29) is 23.7 Å². The normalized spacial score (nSPS) is 17.7. The summed E-state index contributed by atoms with van der Waals surface area (Å²) in [6, 6.07) is 8.41. The van der Waals surface area contributed by atoms with Crippen molar-refractivity contribution in [3.8, 4) is 11.8 Å². The van der Waals surface area contributed by atoms with Crippen LogP contribution in [0.4, 0.5) is 21.1 Å². The van der Waals surface area contributed by atoms with Gasteiger partial charge in [-0.2, -0.15) is 5.26 Å². The van der Waals surface area contributed by atoms with Gasteiger partial charge in [-0.25, -0.2) is 19.6 Å². The number of nitrogens with zero attached hydrogens (tertiary/aromatic N) is 3. The number of benzene rings is 1. The number of aromatic nitrogens is 2. The third kappa shape index (κ3) is 6.84. The van der Waals surface area contributed by atoms with Gasteiger partial charge in [0, 0.05) is 12.5 Å². The van der Waals surface area contributed by atoms with Crippen LogP contribution in [0, 0.1) is 11.3 Å². The van der Waals surface area contributed by atoms with Crippen molar-refractivity contribution in [2.75, 3.05) is 10.6 Å². The first kappa shape index (κ1) is 22.8. The number of carbonyl (C=O) groups is 2. The molecule has 3 rings (SSSR count). The number of para-hydroxylation sites is 2. The number of nitriles is 1. The van der Waals surface area contributed by atoms with Crippen LogP contribution in [-0.4, -0.2) is 39.8 Å². The van der Waals surface area contributed by atoms with Gasteiger partial charge < -0.3 is 20.1 Å². The Balaban J connectivity index is 1.54. The SMILES string of the molecule is CC(C)(C)OC(=O)N[C@H]1CC[C@@H](Oc2ccccc2NC(=O)Nc2cnc(C#N)cn2)C1. The fourth-order valence-corrected chi connectivity index (χ4v) is 3.22. The number of urea groups is 1. The van der Waals surface area contributed by atoms with Crippen LogP contribution < -0.4 is 20.7 Å². The molecule has 0 spiro atoms. The molecule has 0 radical (unpaired) electrons. The average molecular weight is 438 g/mol. The summed E-state index contributed by atoms with van der Waals surface area (Å²) in [6.07, 6.45) is 4.21. The number of hydrogen-bond donors (Lipinski definition) is 3. The van der Waals surface area contributed by atoms with E-state index in [1.54, 1.807) is 18.2 Å². The second-order valence-electron chi connectivity index (χ2n) is 8.37. The summed E-state index contributed by atoms with van der Waals surface area (Å²) >= 11 is 0. The minimum atomic E-state index is -0.548. The third-order valence-electron chi connectivity index (χ3n) is 4.54. The molecule has 1 aromatic heterocycles. The van der Waals surface area contributed by atoms with Gasteiger partial charge in [0.1, 0.15) is 23.5 Å². The van der Waals surface area contributed by atoms with Crippen molar-refractivity contribution < 1.29 is 19.1 Å². The number of hydrogen-bond acceptors (Lipinski definition) is 7. The highest BCUT2D eigenvalue weighted by Gasteiger charge is 2.29. The van der Waals surface area contributed by atoms with Crippen LogP contribution in [0.1, 0.15) is 45.7 Å². The Bertz CT molecular complexity index is 997. The molecule has 0 aliphatic heterocycles. The predicted molar refractivity (Wildman–Crippen MR) is 117 cm³/mol. The molecule has 3 amide bonds. The average Bonchev–Trinajstić information content (AvgIpc) is 3.15. The quantitative estimate of drug-likeness (QED) is 0.645. The maximum Gasteiger partial charge on any atom is 0.407 e. The Kier molecular flexibility index (Phi) is 7.10. The summed E-state index contributed by atoms with van der Waals surface area (Å²) in [6.45, 7) is 5.46. The zero-order valence-corrected chi connectivity index (χ0v) is 18.2. The van der Waals surface area contributed by atoms with E-state index in [9.17, 15) is 9.59 Å². The molecule has 0 saturated heterocycles. The number of rotatable bonds is 5. The Hall–Kier alpha value is -3.87. The molecule has 3 N–H and O–H groups in total. The summed E-state index contributed by atoms with van der Waals surface area (Å²) in [7, 11) is 0. The second kappa shape index (κ2) is 9.96. The predicted octanol–water partition coefficient (Wildman–Crippen LogP) is 3.82. The minimum Gasteiger partial charge on any atom is -0.488 e. The number of anilines is 2. The zero-order valence-electron chi connectivity index (χ0n) is 18.2. The van der Waals surface area contributed by atoms with Crippen molar-refractivity contribution in [1.29, 1.82) is 5.26 Å². The van der Waals surface area contributed by atoms with Gasteiger partial charge in [0.2, 0.25) is 0 Å². The molecule has 32 heavy (non-hydrogen) atoms. The van der Waals surface area contributed by atoms with Gasteiger partial charge in [0.05, 0.1) is 18.1 Å². The lowest BCUT2D eigenvalue weighted by atomic mass is 10.2. The van der Waals surface area contributed by atoms with E-state index in [1.165, 1.54) is 12.4 Å². The molecule has 1 fully saturated rings. The van der Waals surface area contributed by atoms with E-state index in [0.29, 0.717) is 17.9 Å². The lowest BCUT2D eigenvalue weighted by Gasteiger charge is -2.22. The summed E-state index contributed by atoms with van der Waals surface area (Å²) in [5.41, 5.74) is 0.105. The monoisotopic (exact) mass is 438 g/mol. The smallest absolute Gasteiger partial charge is 0.407 e. The van der Waals surface area contributed by atoms with E-state index < -0.39 is 17.7 Å². The first-order valence-electron chi connectivity index (χ1n) is 10.3. The van der Waals surface area contributed by atoms with Gasteiger partial charge in [-0.3, -0.25) is 5.32 Å². The topological polar surface area (TPSA) is 138 Å². The minimum absolute atomic E-state index is 0.0340. The zero-order chi connectivity index (χ0) is 23.1. The lowest BCUT2D eigenvalue weighted by Crippen LogP contribution is -2.38. The van der Waals surface area contributed by atoms with Crippen LogP contribution in [0.5, 0.6) is 5.75 Å². The van der Waals surface area contributed by atoms with Gasteiger partial charge in [-0.1, -0.05) is 12.1 Å². The molecule has 2 aromatic rings. The number of carbonyl (C=O) groups excluding carboxylic acids is 2. The Morgan fingerprint density at radius 3 is 2.59 bits per heavy atom. The van der Waals surface area contributed by atoms with E-state index in [4.69, 9.17) is 14.7 Å². The van der Waals surface area contributed by atoms with Crippen LogP contribution in [0.15, 0.2) is 36.7 Å². The number of nitrogens with one attached hydrogen (secondary N) is 3. The highest BCUT2D eigenvalue weighted by molar-refractivity contribution is 6.00. The third-order valence-corrected chi connectivity index (χ3v) is 4.54. The first-order valence-corrected chi connectivity index (χ1v) is 10.3. The van der Waals surface area contributed by atoms with Gasteiger partial charge >= 0.3 is 12.1 Å². The number of ether oxygens (including phenoxy) is 2. The van der Waals surface area contributed by atoms with Crippen LogP contribution in [0.2, 0.25) is 0 Å². The van der Waals surface area contributed by atoms with Crippen LogP contribution >= 0.6 is 0 Å². The summed E-state index contributed by atoms with van der Waals surface area (Å²) in [4.78, 5) is 32.1. The lowest BCUT2D eigenvalue weighted by molar-refractivity contribution is 0.0503. The van der Waals surface area contributed by atoms with Crippen molar-refractivity contribution in [2.24, 2.45) is 0 Å². The fourth-order valence-electron chi connectivity index (χ4n) is 3.22. The molecule has 0 unspecified atom stereocenters. The first-order chi connectivity index (χ1) is 15.2. The molecule has 1 aliphatic carbocycles. The van der Waals surface area contributed by atoms with Crippen molar-refractivity contribution >= 4 is 23.6 Å². The van der Waals surface area contributed by atoms with Gasteiger partial charge in [0.15, 0.2) is 11.5 Å². The van der Waals surface area contributed by atoms with Gasteiger partial charge in [-0.15, -0.1) is 0 Å². The summed E-state index contributed by atoms with van der Waals surface area (Å²) in [5.74, 6) is 0.739. The van der Waals surface area contributed by atoms with E-state index in [1.807, 2.05) is 32.9 Å². The van der Waals surface area contributed by atoms with Crippen molar-refractivity contribution in [2.45, 2.75) is 57.8 Å². The molecular formula is C22H26N6O4. The van der Waals surface area contributed by atoms with Crippen molar-refractivity contribution in [3.63, 3.8) is 0 Å². The summed E-state index contributed by atoms with van der Waals surface area (Å²) < 4.78 is 11.4. The van der Waals surface area contributed by atoms with Crippen molar-refractivity contribution in [3.05, 3.63) is 42.4 Å². The largest absolute Gasteiger partial charge is 0.488 e. The highest BCUT2D eigenvalue weighted by atomic mass is 16.6. The molecule has 10 nitrogen and oxygen atoms in total.